The maximum Gasteiger partial charge on any atom is 0.255 e. The van der Waals surface area contributed by atoms with Gasteiger partial charge in [0.05, 0.1) is 16.5 Å². The molecule has 1 fully saturated rings. The van der Waals surface area contributed by atoms with Crippen molar-refractivity contribution in [3.8, 4) is 10.6 Å². The van der Waals surface area contributed by atoms with E-state index < -0.39 is 0 Å². The van der Waals surface area contributed by atoms with Gasteiger partial charge in [0.15, 0.2) is 0 Å². The highest BCUT2D eigenvalue weighted by atomic mass is 32.1. The number of nitrogens with one attached hydrogen (secondary N) is 1. The molecule has 2 aromatic heterocycles. The van der Waals surface area contributed by atoms with Gasteiger partial charge in [-0.1, -0.05) is 18.9 Å². The van der Waals surface area contributed by atoms with Gasteiger partial charge in [-0.15, -0.1) is 11.3 Å². The lowest BCUT2D eigenvalue weighted by molar-refractivity contribution is 0.0641. The summed E-state index contributed by atoms with van der Waals surface area (Å²) in [6, 6.07) is 3.94. The zero-order chi connectivity index (χ0) is 16.9. The van der Waals surface area contributed by atoms with Crippen LogP contribution in [0.5, 0.6) is 0 Å². The molecule has 0 bridgehead atoms. The number of thiophene rings is 1. The molecule has 0 aliphatic heterocycles. The van der Waals surface area contributed by atoms with Crippen molar-refractivity contribution in [2.75, 3.05) is 6.54 Å². The summed E-state index contributed by atoms with van der Waals surface area (Å²) in [5.41, 5.74) is 1.37. The fraction of sp³-hybridized carbons (Fsp3) is 0.556. The van der Waals surface area contributed by atoms with Crippen LogP contribution < -0.4 is 5.32 Å². The van der Waals surface area contributed by atoms with E-state index in [4.69, 9.17) is 0 Å². The Hall–Kier alpha value is -1.66. The average molecular weight is 347 g/mol. The summed E-state index contributed by atoms with van der Waals surface area (Å²) in [7, 11) is 1.83. The Morgan fingerprint density at radius 2 is 2.29 bits per heavy atom. The molecule has 2 unspecified atom stereocenters. The van der Waals surface area contributed by atoms with Crippen molar-refractivity contribution >= 4 is 17.2 Å². The zero-order valence-corrected chi connectivity index (χ0v) is 14.9. The number of nitrogens with zero attached hydrogens (tertiary/aromatic N) is 2. The van der Waals surface area contributed by atoms with Crippen molar-refractivity contribution in [3.63, 3.8) is 0 Å². The van der Waals surface area contributed by atoms with Crippen molar-refractivity contribution in [1.82, 2.24) is 15.1 Å². The average Bonchev–Trinajstić information content (AvgIpc) is 3.22. The smallest absolute Gasteiger partial charge is 0.255 e. The number of carbonyl (C=O) groups is 1. The number of hydrogen-bond acceptors (Lipinski definition) is 4. The number of rotatable bonds is 6. The van der Waals surface area contributed by atoms with Crippen LogP contribution in [0.4, 0.5) is 0 Å². The van der Waals surface area contributed by atoms with Crippen LogP contribution in [0.2, 0.25) is 0 Å². The molecule has 1 amide bonds. The van der Waals surface area contributed by atoms with E-state index in [0.717, 1.165) is 42.7 Å². The van der Waals surface area contributed by atoms with Crippen LogP contribution in [-0.4, -0.2) is 33.4 Å². The summed E-state index contributed by atoms with van der Waals surface area (Å²) in [5, 5.41) is 19.4. The summed E-state index contributed by atoms with van der Waals surface area (Å²) >= 11 is 1.58. The third kappa shape index (κ3) is 4.05. The lowest BCUT2D eigenvalue weighted by Crippen LogP contribution is -2.28. The molecule has 6 heteroatoms. The minimum Gasteiger partial charge on any atom is -0.393 e. The Kier molecular flexibility index (Phi) is 5.68. The molecule has 1 aliphatic carbocycles. The predicted octanol–water partition coefficient (Wildman–Crippen LogP) is 3.21. The predicted molar refractivity (Wildman–Crippen MR) is 96.1 cm³/mol. The highest BCUT2D eigenvalue weighted by Gasteiger charge is 2.22. The third-order valence-electron chi connectivity index (χ3n) is 4.73. The fourth-order valence-corrected chi connectivity index (χ4v) is 4.16. The first-order chi connectivity index (χ1) is 11.6. The molecule has 1 saturated carbocycles. The van der Waals surface area contributed by atoms with Crippen LogP contribution in [0, 0.1) is 5.92 Å². The first kappa shape index (κ1) is 17.2. The number of hydrogen-bond donors (Lipinski definition) is 2. The van der Waals surface area contributed by atoms with Crippen molar-refractivity contribution in [3.05, 3.63) is 29.3 Å². The second-order valence-corrected chi connectivity index (χ2v) is 7.50. The molecule has 0 aromatic carbocycles. The standard InChI is InChI=1S/C18H25N3O2S/c1-21-12-14(17(20-21)16-9-5-11-24-16)18(23)19-10-4-7-13-6-2-3-8-15(13)22/h5,9,11-13,15,22H,2-4,6-8,10H2,1H3,(H,19,23). The molecule has 0 radical (unpaired) electrons. The van der Waals surface area contributed by atoms with E-state index in [0.29, 0.717) is 18.0 Å². The van der Waals surface area contributed by atoms with Crippen LogP contribution in [0.1, 0.15) is 48.9 Å². The number of aryl methyl sites for hydroxylation is 1. The molecule has 2 atom stereocenters. The third-order valence-corrected chi connectivity index (χ3v) is 5.61. The highest BCUT2D eigenvalue weighted by Crippen LogP contribution is 2.28. The van der Waals surface area contributed by atoms with Crippen LogP contribution in [0.15, 0.2) is 23.7 Å². The largest absolute Gasteiger partial charge is 0.393 e. The van der Waals surface area contributed by atoms with Gasteiger partial charge in [-0.2, -0.15) is 5.10 Å². The quantitative estimate of drug-likeness (QED) is 0.789. The van der Waals surface area contributed by atoms with Gasteiger partial charge >= 0.3 is 0 Å². The normalized spacial score (nSPS) is 20.9. The molecule has 2 N–H and O–H groups in total. The van der Waals surface area contributed by atoms with Crippen molar-refractivity contribution in [1.29, 1.82) is 0 Å². The topological polar surface area (TPSA) is 67.2 Å². The molecule has 0 saturated heterocycles. The molecule has 3 rings (SSSR count). The van der Waals surface area contributed by atoms with Gasteiger partial charge in [-0.05, 0) is 43.0 Å². The van der Waals surface area contributed by atoms with Crippen LogP contribution >= 0.6 is 11.3 Å². The Morgan fingerprint density at radius 1 is 1.46 bits per heavy atom. The van der Waals surface area contributed by atoms with Crippen molar-refractivity contribution < 1.29 is 9.90 Å². The number of carbonyl (C=O) groups excluding carboxylic acids is 1. The van der Waals surface area contributed by atoms with E-state index in [1.165, 1.54) is 6.42 Å². The zero-order valence-electron chi connectivity index (χ0n) is 14.1. The number of aliphatic hydroxyl groups excluding tert-OH is 1. The first-order valence-corrected chi connectivity index (χ1v) is 9.57. The first-order valence-electron chi connectivity index (χ1n) is 8.69. The van der Waals surface area contributed by atoms with Crippen LogP contribution in [0.25, 0.3) is 10.6 Å². The van der Waals surface area contributed by atoms with Gasteiger partial charge in [0.2, 0.25) is 0 Å². The minimum atomic E-state index is -0.154. The van der Waals surface area contributed by atoms with Gasteiger partial charge in [-0.25, -0.2) is 0 Å². The SMILES string of the molecule is Cn1cc(C(=O)NCCCC2CCCCC2O)c(-c2cccs2)n1. The molecule has 2 heterocycles. The monoisotopic (exact) mass is 347 g/mol. The summed E-state index contributed by atoms with van der Waals surface area (Å²) in [6.07, 6.45) is 7.90. The molecule has 1 aliphatic rings. The summed E-state index contributed by atoms with van der Waals surface area (Å²) in [5.74, 6) is 0.325. The molecule has 5 nitrogen and oxygen atoms in total. The Bertz CT molecular complexity index is 666. The second kappa shape index (κ2) is 7.94. The van der Waals surface area contributed by atoms with E-state index in [1.54, 1.807) is 22.2 Å². The van der Waals surface area contributed by atoms with Crippen molar-refractivity contribution in [2.24, 2.45) is 13.0 Å². The molecule has 130 valence electrons. The molecule has 0 spiro atoms. The van der Waals surface area contributed by atoms with Gasteiger partial charge in [0, 0.05) is 19.8 Å². The van der Waals surface area contributed by atoms with Crippen molar-refractivity contribution in [2.45, 2.75) is 44.6 Å². The number of aliphatic hydroxyl groups is 1. The molecular formula is C18H25N3O2S. The highest BCUT2D eigenvalue weighted by molar-refractivity contribution is 7.13. The second-order valence-electron chi connectivity index (χ2n) is 6.55. The van der Waals surface area contributed by atoms with E-state index in [2.05, 4.69) is 10.4 Å². The van der Waals surface area contributed by atoms with E-state index in [1.807, 2.05) is 24.6 Å². The molecule has 2 aromatic rings. The van der Waals surface area contributed by atoms with Gasteiger partial charge in [0.1, 0.15) is 5.69 Å². The maximum atomic E-state index is 12.5. The van der Waals surface area contributed by atoms with Gasteiger partial charge in [-0.3, -0.25) is 9.48 Å². The fourth-order valence-electron chi connectivity index (χ4n) is 3.44. The number of aromatic nitrogens is 2. The van der Waals surface area contributed by atoms with Crippen LogP contribution in [-0.2, 0) is 7.05 Å². The van der Waals surface area contributed by atoms with Gasteiger partial charge < -0.3 is 10.4 Å². The molecule has 24 heavy (non-hydrogen) atoms. The summed E-state index contributed by atoms with van der Waals surface area (Å²) in [4.78, 5) is 13.5. The Morgan fingerprint density at radius 3 is 3.04 bits per heavy atom. The summed E-state index contributed by atoms with van der Waals surface area (Å²) in [6.45, 7) is 0.640. The van der Waals surface area contributed by atoms with E-state index >= 15 is 0 Å². The lowest BCUT2D eigenvalue weighted by atomic mass is 9.83. The lowest BCUT2D eigenvalue weighted by Gasteiger charge is -2.27. The summed E-state index contributed by atoms with van der Waals surface area (Å²) < 4.78 is 1.68. The van der Waals surface area contributed by atoms with Crippen LogP contribution in [0.3, 0.4) is 0 Å². The molecular weight excluding hydrogens is 322 g/mol. The Labute approximate surface area is 146 Å². The maximum absolute atomic E-state index is 12.5. The number of amides is 1. The van der Waals surface area contributed by atoms with E-state index in [-0.39, 0.29) is 12.0 Å². The van der Waals surface area contributed by atoms with E-state index in [9.17, 15) is 9.90 Å². The van der Waals surface area contributed by atoms with Gasteiger partial charge in [0.25, 0.3) is 5.91 Å². The minimum absolute atomic E-state index is 0.0734. The Balaban J connectivity index is 1.52.